The highest BCUT2D eigenvalue weighted by molar-refractivity contribution is 7.14. The Morgan fingerprint density at radius 3 is 2.31 bits per heavy atom. The summed E-state index contributed by atoms with van der Waals surface area (Å²) in [7, 11) is 1.64. The van der Waals surface area contributed by atoms with Gasteiger partial charge in [0.2, 0.25) is 0 Å². The van der Waals surface area contributed by atoms with Crippen LogP contribution in [0.5, 0.6) is 17.2 Å². The van der Waals surface area contributed by atoms with Crippen molar-refractivity contribution in [3.8, 4) is 28.5 Å². The summed E-state index contributed by atoms with van der Waals surface area (Å²) in [6.07, 6.45) is 3.28. The molecule has 162 valence electrons. The molecule has 4 rings (SSSR count). The molecule has 0 atom stereocenters. The predicted octanol–water partition coefficient (Wildman–Crippen LogP) is 6.18. The van der Waals surface area contributed by atoms with Crippen molar-refractivity contribution < 1.29 is 14.3 Å². The summed E-state index contributed by atoms with van der Waals surface area (Å²) in [6.45, 7) is 5.88. The molecule has 0 saturated carbocycles. The van der Waals surface area contributed by atoms with E-state index in [1.165, 1.54) is 11.3 Å². The van der Waals surface area contributed by atoms with Gasteiger partial charge in [0.05, 0.1) is 12.8 Å². The second kappa shape index (κ2) is 9.20. The van der Waals surface area contributed by atoms with Gasteiger partial charge in [-0.25, -0.2) is 4.98 Å². The zero-order valence-electron chi connectivity index (χ0n) is 18.3. The summed E-state index contributed by atoms with van der Waals surface area (Å²) >= 11 is 1.39. The number of carbonyl (C=O) groups is 1. The first-order chi connectivity index (χ1) is 15.4. The van der Waals surface area contributed by atoms with Crippen molar-refractivity contribution >= 4 is 22.4 Å². The monoisotopic (exact) mass is 445 g/mol. The number of ether oxygens (including phenoxy) is 2. The number of pyridine rings is 1. The molecule has 0 bridgehead atoms. The first kappa shape index (κ1) is 21.5. The van der Waals surface area contributed by atoms with Crippen molar-refractivity contribution in [2.24, 2.45) is 0 Å². The van der Waals surface area contributed by atoms with Crippen LogP contribution in [0.1, 0.15) is 27.0 Å². The van der Waals surface area contributed by atoms with E-state index in [-0.39, 0.29) is 5.91 Å². The highest BCUT2D eigenvalue weighted by Gasteiger charge is 2.14. The molecule has 1 N–H and O–H groups in total. The zero-order chi connectivity index (χ0) is 22.7. The molecular formula is C25H23N3O3S. The number of nitrogens with one attached hydrogen (secondary N) is 1. The first-order valence-electron chi connectivity index (χ1n) is 10.1. The van der Waals surface area contributed by atoms with E-state index in [1.807, 2.05) is 62.5 Å². The Morgan fingerprint density at radius 2 is 1.66 bits per heavy atom. The summed E-state index contributed by atoms with van der Waals surface area (Å²) in [4.78, 5) is 21.2. The molecule has 2 heterocycles. The molecular weight excluding hydrogens is 422 g/mol. The maximum absolute atomic E-state index is 12.6. The largest absolute Gasteiger partial charge is 0.497 e. The number of hydrogen-bond donors (Lipinski definition) is 1. The molecule has 2 aromatic heterocycles. The summed E-state index contributed by atoms with van der Waals surface area (Å²) < 4.78 is 11.3. The lowest BCUT2D eigenvalue weighted by Gasteiger charge is -2.13. The van der Waals surface area contributed by atoms with Crippen LogP contribution in [-0.2, 0) is 0 Å². The van der Waals surface area contributed by atoms with Gasteiger partial charge in [0.25, 0.3) is 5.91 Å². The summed E-state index contributed by atoms with van der Waals surface area (Å²) in [5.41, 5.74) is 5.19. The van der Waals surface area contributed by atoms with Crippen molar-refractivity contribution in [2.45, 2.75) is 20.8 Å². The number of aromatic nitrogens is 2. The zero-order valence-corrected chi connectivity index (χ0v) is 19.1. The van der Waals surface area contributed by atoms with Crippen LogP contribution in [0.15, 0.2) is 60.2 Å². The van der Waals surface area contributed by atoms with E-state index < -0.39 is 0 Å². The van der Waals surface area contributed by atoms with Gasteiger partial charge in [-0.15, -0.1) is 11.3 Å². The molecule has 0 unspecified atom stereocenters. The molecule has 32 heavy (non-hydrogen) atoms. The minimum absolute atomic E-state index is 0.193. The third kappa shape index (κ3) is 4.63. The van der Waals surface area contributed by atoms with Gasteiger partial charge in [-0.3, -0.25) is 15.1 Å². The Morgan fingerprint density at radius 1 is 0.969 bits per heavy atom. The van der Waals surface area contributed by atoms with Gasteiger partial charge in [0.15, 0.2) is 5.13 Å². The molecule has 0 aliphatic heterocycles. The fourth-order valence-electron chi connectivity index (χ4n) is 3.38. The quantitative estimate of drug-likeness (QED) is 0.383. The molecule has 2 aromatic carbocycles. The lowest BCUT2D eigenvalue weighted by atomic mass is 10.0. The summed E-state index contributed by atoms with van der Waals surface area (Å²) in [5.74, 6) is 2.15. The van der Waals surface area contributed by atoms with Crippen molar-refractivity contribution in [3.05, 3.63) is 82.5 Å². The van der Waals surface area contributed by atoms with Crippen LogP contribution >= 0.6 is 11.3 Å². The Kier molecular flexibility index (Phi) is 6.18. The molecule has 4 aromatic rings. The number of thiazole rings is 1. The van der Waals surface area contributed by atoms with Gasteiger partial charge in [0.1, 0.15) is 17.2 Å². The van der Waals surface area contributed by atoms with Crippen molar-refractivity contribution in [2.75, 3.05) is 12.4 Å². The van der Waals surface area contributed by atoms with Gasteiger partial charge in [-0.2, -0.15) is 0 Å². The van der Waals surface area contributed by atoms with E-state index in [4.69, 9.17) is 9.47 Å². The molecule has 1 amide bonds. The second-order valence-corrected chi connectivity index (χ2v) is 8.26. The van der Waals surface area contributed by atoms with Crippen LogP contribution in [0.3, 0.4) is 0 Å². The van der Waals surface area contributed by atoms with E-state index in [9.17, 15) is 4.79 Å². The van der Waals surface area contributed by atoms with Crippen molar-refractivity contribution in [1.29, 1.82) is 0 Å². The van der Waals surface area contributed by atoms with Crippen LogP contribution in [0, 0.1) is 20.8 Å². The van der Waals surface area contributed by atoms with Crippen LogP contribution in [0.4, 0.5) is 5.13 Å². The number of nitrogens with zero attached hydrogens (tertiary/aromatic N) is 2. The van der Waals surface area contributed by atoms with Crippen molar-refractivity contribution in [3.63, 3.8) is 0 Å². The van der Waals surface area contributed by atoms with Crippen molar-refractivity contribution in [1.82, 2.24) is 9.97 Å². The fraction of sp³-hybridized carbons (Fsp3) is 0.160. The molecule has 6 nitrogen and oxygen atoms in total. The molecule has 0 aliphatic rings. The predicted molar refractivity (Wildman–Crippen MR) is 127 cm³/mol. The normalized spacial score (nSPS) is 10.6. The molecule has 7 heteroatoms. The van der Waals surface area contributed by atoms with E-state index in [0.717, 1.165) is 45.2 Å². The van der Waals surface area contributed by atoms with E-state index in [2.05, 4.69) is 15.3 Å². The number of amides is 1. The first-order valence-corrected chi connectivity index (χ1v) is 10.9. The van der Waals surface area contributed by atoms with E-state index >= 15 is 0 Å². The summed E-state index contributed by atoms with van der Waals surface area (Å²) in [5, 5.41) is 5.37. The average Bonchev–Trinajstić information content (AvgIpc) is 3.25. The highest BCUT2D eigenvalue weighted by Crippen LogP contribution is 2.34. The maximum Gasteiger partial charge on any atom is 0.257 e. The standard InChI is InChI=1S/C25H23N3O3S/c1-15-11-18(12-16(2)23(15)31-20-7-5-19(30-4)6-8-20)22-14-32-25(27-22)28-24(29)21-9-10-26-13-17(21)3/h5-14H,1-4H3,(H,27,28,29). The minimum atomic E-state index is -0.193. The number of methoxy groups -OCH3 is 1. The Balaban J connectivity index is 1.52. The van der Waals surface area contributed by atoms with Gasteiger partial charge in [0, 0.05) is 28.9 Å². The third-order valence-corrected chi connectivity index (χ3v) is 5.78. The number of aryl methyl sites for hydroxylation is 3. The number of carbonyl (C=O) groups excluding carboxylic acids is 1. The van der Waals surface area contributed by atoms with Gasteiger partial charge in [-0.1, -0.05) is 0 Å². The lowest BCUT2D eigenvalue weighted by molar-refractivity contribution is 0.102. The van der Waals surface area contributed by atoms with E-state index in [0.29, 0.717) is 10.7 Å². The number of rotatable bonds is 6. The maximum atomic E-state index is 12.6. The Hall–Kier alpha value is -3.71. The Labute approximate surface area is 190 Å². The molecule has 0 fully saturated rings. The average molecular weight is 446 g/mol. The van der Waals surface area contributed by atoms with Crippen LogP contribution in [0.25, 0.3) is 11.3 Å². The smallest absolute Gasteiger partial charge is 0.257 e. The molecule has 0 spiro atoms. The number of hydrogen-bond acceptors (Lipinski definition) is 6. The Bertz CT molecular complexity index is 1240. The molecule has 0 saturated heterocycles. The SMILES string of the molecule is COc1ccc(Oc2c(C)cc(-c3csc(NC(=O)c4ccncc4C)n3)cc2C)cc1. The second-order valence-electron chi connectivity index (χ2n) is 7.40. The van der Waals surface area contributed by atoms with Crippen LogP contribution in [0.2, 0.25) is 0 Å². The lowest BCUT2D eigenvalue weighted by Crippen LogP contribution is -2.13. The molecule has 0 aliphatic carbocycles. The fourth-order valence-corrected chi connectivity index (χ4v) is 4.09. The topological polar surface area (TPSA) is 73.3 Å². The van der Waals surface area contributed by atoms with E-state index in [1.54, 1.807) is 25.6 Å². The molecule has 0 radical (unpaired) electrons. The van der Waals surface area contributed by atoms with Gasteiger partial charge in [-0.05, 0) is 79.9 Å². The highest BCUT2D eigenvalue weighted by atomic mass is 32.1. The van der Waals surface area contributed by atoms with Gasteiger partial charge < -0.3 is 9.47 Å². The van der Waals surface area contributed by atoms with Crippen LogP contribution < -0.4 is 14.8 Å². The third-order valence-electron chi connectivity index (χ3n) is 5.03. The number of benzene rings is 2. The van der Waals surface area contributed by atoms with Crippen LogP contribution in [-0.4, -0.2) is 23.0 Å². The minimum Gasteiger partial charge on any atom is -0.497 e. The number of anilines is 1. The summed E-state index contributed by atoms with van der Waals surface area (Å²) in [6, 6.07) is 13.3. The van der Waals surface area contributed by atoms with Gasteiger partial charge >= 0.3 is 0 Å².